The lowest BCUT2D eigenvalue weighted by Gasteiger charge is -2.35. The van der Waals surface area contributed by atoms with Gasteiger partial charge in [-0.15, -0.1) is 0 Å². The lowest BCUT2D eigenvalue weighted by atomic mass is 10.2. The van der Waals surface area contributed by atoms with E-state index in [4.69, 9.17) is 11.6 Å². The number of aromatic nitrogens is 3. The number of anilines is 4. The van der Waals surface area contributed by atoms with Crippen molar-refractivity contribution < 1.29 is 4.92 Å². The molecule has 0 radical (unpaired) electrons. The molecule has 0 bridgehead atoms. The molecular weight excluding hydrogens is 394 g/mol. The molecule has 0 spiro atoms. The molecule has 0 atom stereocenters. The van der Waals surface area contributed by atoms with Gasteiger partial charge in [0.2, 0.25) is 11.6 Å². The Morgan fingerprint density at radius 1 is 0.966 bits per heavy atom. The topological polar surface area (TPSA) is 100 Å². The summed E-state index contributed by atoms with van der Waals surface area (Å²) in [6.45, 7) is 2.54. The first-order valence-corrected chi connectivity index (χ1v) is 9.43. The van der Waals surface area contributed by atoms with Crippen LogP contribution in [0.1, 0.15) is 0 Å². The number of nitrogens with one attached hydrogen (secondary N) is 1. The molecule has 1 aliphatic heterocycles. The molecule has 1 aromatic carbocycles. The average molecular weight is 412 g/mol. The van der Waals surface area contributed by atoms with E-state index in [2.05, 4.69) is 25.2 Å². The van der Waals surface area contributed by atoms with Crippen molar-refractivity contribution in [1.29, 1.82) is 0 Å². The van der Waals surface area contributed by atoms with Crippen LogP contribution >= 0.6 is 11.6 Å². The van der Waals surface area contributed by atoms with Gasteiger partial charge in [0.25, 0.3) is 0 Å². The predicted octanol–water partition coefficient (Wildman–Crippen LogP) is 3.50. The number of hydrogen-bond donors (Lipinski definition) is 1. The molecule has 1 N–H and O–H groups in total. The zero-order valence-corrected chi connectivity index (χ0v) is 16.2. The largest absolute Gasteiger partial charge is 0.353 e. The lowest BCUT2D eigenvalue weighted by molar-refractivity contribution is -0.383. The molecular formula is C19H18ClN7O2. The van der Waals surface area contributed by atoms with Gasteiger partial charge in [-0.1, -0.05) is 29.8 Å². The molecule has 1 fully saturated rings. The highest BCUT2D eigenvalue weighted by Gasteiger charge is 2.29. The lowest BCUT2D eigenvalue weighted by Crippen LogP contribution is -2.47. The van der Waals surface area contributed by atoms with Crippen molar-refractivity contribution in [2.24, 2.45) is 0 Å². The maximum Gasteiger partial charge on any atom is 0.353 e. The molecule has 1 aliphatic rings. The summed E-state index contributed by atoms with van der Waals surface area (Å²) in [5.41, 5.74) is 0.376. The Hall–Kier alpha value is -3.46. The molecule has 10 heteroatoms. The Labute approximate surface area is 172 Å². The number of benzene rings is 1. The molecule has 3 heterocycles. The summed E-state index contributed by atoms with van der Waals surface area (Å²) in [4.78, 5) is 28.1. The van der Waals surface area contributed by atoms with Crippen molar-refractivity contribution in [3.05, 3.63) is 70.1 Å². The van der Waals surface area contributed by atoms with Crippen LogP contribution in [0.2, 0.25) is 5.02 Å². The first kappa shape index (κ1) is 18.9. The summed E-state index contributed by atoms with van der Waals surface area (Å²) in [5.74, 6) is 1.30. The van der Waals surface area contributed by atoms with Crippen LogP contribution in [-0.4, -0.2) is 46.1 Å². The minimum absolute atomic E-state index is 0.111. The summed E-state index contributed by atoms with van der Waals surface area (Å²) in [7, 11) is 0. The average Bonchev–Trinajstić information content (AvgIpc) is 2.76. The van der Waals surface area contributed by atoms with Crippen LogP contribution < -0.4 is 15.1 Å². The van der Waals surface area contributed by atoms with Gasteiger partial charge in [-0.3, -0.25) is 10.1 Å². The Balaban J connectivity index is 1.58. The van der Waals surface area contributed by atoms with E-state index in [-0.39, 0.29) is 11.5 Å². The van der Waals surface area contributed by atoms with Crippen LogP contribution in [0.3, 0.4) is 0 Å². The molecule has 0 saturated carbocycles. The highest BCUT2D eigenvalue weighted by Crippen LogP contribution is 2.35. The summed E-state index contributed by atoms with van der Waals surface area (Å²) in [6.07, 6.45) is 3.08. The number of pyridine rings is 1. The van der Waals surface area contributed by atoms with E-state index in [0.29, 0.717) is 42.7 Å². The normalized spacial score (nSPS) is 14.0. The van der Waals surface area contributed by atoms with Gasteiger partial charge in [-0.2, -0.15) is 0 Å². The summed E-state index contributed by atoms with van der Waals surface area (Å²) in [6, 6.07) is 12.8. The third kappa shape index (κ3) is 4.04. The minimum Gasteiger partial charge on any atom is -0.353 e. The Kier molecular flexibility index (Phi) is 5.39. The van der Waals surface area contributed by atoms with Gasteiger partial charge in [0.05, 0.1) is 15.6 Å². The van der Waals surface area contributed by atoms with Gasteiger partial charge in [-0.05, 0) is 24.3 Å². The molecule has 9 nitrogen and oxygen atoms in total. The van der Waals surface area contributed by atoms with E-state index in [1.165, 1.54) is 6.33 Å². The maximum atomic E-state index is 11.9. The van der Waals surface area contributed by atoms with Crippen molar-refractivity contribution in [3.8, 4) is 0 Å². The number of para-hydroxylation sites is 1. The molecule has 29 heavy (non-hydrogen) atoms. The number of nitro groups is 1. The van der Waals surface area contributed by atoms with Crippen LogP contribution in [-0.2, 0) is 0 Å². The van der Waals surface area contributed by atoms with E-state index in [1.807, 2.05) is 23.1 Å². The van der Waals surface area contributed by atoms with Crippen molar-refractivity contribution in [2.45, 2.75) is 0 Å². The zero-order chi connectivity index (χ0) is 20.2. The van der Waals surface area contributed by atoms with E-state index in [9.17, 15) is 10.1 Å². The van der Waals surface area contributed by atoms with E-state index >= 15 is 0 Å². The zero-order valence-electron chi connectivity index (χ0n) is 15.4. The second-order valence-electron chi connectivity index (χ2n) is 6.42. The quantitative estimate of drug-likeness (QED) is 0.503. The van der Waals surface area contributed by atoms with Crippen LogP contribution in [0.25, 0.3) is 0 Å². The number of piperazine rings is 1. The SMILES string of the molecule is O=[N+]([O-])c1c(Nc2ccccc2Cl)ncnc1N1CCN(c2ccccn2)CC1. The van der Waals surface area contributed by atoms with Gasteiger partial charge in [-0.25, -0.2) is 15.0 Å². The number of rotatable bonds is 5. The van der Waals surface area contributed by atoms with Gasteiger partial charge in [0.1, 0.15) is 12.1 Å². The Bertz CT molecular complexity index is 1010. The summed E-state index contributed by atoms with van der Waals surface area (Å²) >= 11 is 6.17. The Morgan fingerprint density at radius 3 is 2.38 bits per heavy atom. The molecule has 2 aromatic heterocycles. The minimum atomic E-state index is -0.459. The van der Waals surface area contributed by atoms with Crippen LogP contribution in [0.4, 0.5) is 28.8 Å². The predicted molar refractivity (Wildman–Crippen MR) is 112 cm³/mol. The maximum absolute atomic E-state index is 11.9. The second kappa shape index (κ2) is 8.27. The van der Waals surface area contributed by atoms with E-state index in [0.717, 1.165) is 5.82 Å². The molecule has 148 valence electrons. The molecule has 3 aromatic rings. The molecule has 0 aliphatic carbocycles. The fourth-order valence-corrected chi connectivity index (χ4v) is 3.42. The van der Waals surface area contributed by atoms with Gasteiger partial charge in [0.15, 0.2) is 0 Å². The van der Waals surface area contributed by atoms with Crippen LogP contribution in [0.15, 0.2) is 55.0 Å². The number of hydrogen-bond acceptors (Lipinski definition) is 8. The van der Waals surface area contributed by atoms with E-state index < -0.39 is 4.92 Å². The number of halogens is 1. The van der Waals surface area contributed by atoms with Crippen LogP contribution in [0, 0.1) is 10.1 Å². The van der Waals surface area contributed by atoms with Gasteiger partial charge >= 0.3 is 5.69 Å². The molecule has 4 rings (SSSR count). The molecule has 0 unspecified atom stereocenters. The standard InChI is InChI=1S/C19H18ClN7O2/c20-14-5-1-2-6-15(14)24-18-17(27(28)29)19(23-13-22-18)26-11-9-25(10-12-26)16-7-3-4-8-21-16/h1-8,13H,9-12H2,(H,22,23,24). The fraction of sp³-hybridized carbons (Fsp3) is 0.211. The van der Waals surface area contributed by atoms with Crippen molar-refractivity contribution in [1.82, 2.24) is 15.0 Å². The van der Waals surface area contributed by atoms with Crippen LogP contribution in [0.5, 0.6) is 0 Å². The first-order chi connectivity index (χ1) is 14.1. The smallest absolute Gasteiger partial charge is 0.353 e. The third-order valence-electron chi connectivity index (χ3n) is 4.66. The van der Waals surface area contributed by atoms with Crippen molar-refractivity contribution >= 4 is 40.4 Å². The molecule has 0 amide bonds. The van der Waals surface area contributed by atoms with Gasteiger partial charge < -0.3 is 15.1 Å². The summed E-state index contributed by atoms with van der Waals surface area (Å²) in [5, 5.41) is 15.3. The van der Waals surface area contributed by atoms with Crippen molar-refractivity contribution in [2.75, 3.05) is 41.3 Å². The highest BCUT2D eigenvalue weighted by atomic mass is 35.5. The highest BCUT2D eigenvalue weighted by molar-refractivity contribution is 6.33. The van der Waals surface area contributed by atoms with Crippen molar-refractivity contribution in [3.63, 3.8) is 0 Å². The Morgan fingerprint density at radius 2 is 1.69 bits per heavy atom. The molecule has 1 saturated heterocycles. The fourth-order valence-electron chi connectivity index (χ4n) is 3.24. The first-order valence-electron chi connectivity index (χ1n) is 9.05. The summed E-state index contributed by atoms with van der Waals surface area (Å²) < 4.78 is 0. The monoisotopic (exact) mass is 411 g/mol. The van der Waals surface area contributed by atoms with E-state index in [1.54, 1.807) is 30.5 Å². The second-order valence-corrected chi connectivity index (χ2v) is 6.83. The van der Waals surface area contributed by atoms with Gasteiger partial charge in [0, 0.05) is 32.4 Å². The number of nitrogens with zero attached hydrogens (tertiary/aromatic N) is 6. The third-order valence-corrected chi connectivity index (χ3v) is 4.99.